The highest BCUT2D eigenvalue weighted by Crippen LogP contribution is 2.35. The molecule has 8 nitrogen and oxygen atoms in total. The van der Waals surface area contributed by atoms with Crippen molar-refractivity contribution in [3.05, 3.63) is 48.3 Å². The number of anilines is 2. The highest BCUT2D eigenvalue weighted by atomic mass is 16.1. The molecule has 0 unspecified atom stereocenters. The first kappa shape index (κ1) is 23.3. The number of piperidine rings is 1. The molecule has 1 saturated carbocycles. The molecule has 3 heterocycles. The van der Waals surface area contributed by atoms with Gasteiger partial charge in [0.2, 0.25) is 11.9 Å². The number of nitrogens with one attached hydrogen (secondary N) is 2. The van der Waals surface area contributed by atoms with Crippen LogP contribution < -0.4 is 10.6 Å². The number of likely N-dealkylation sites (tertiary alicyclic amines) is 1. The fourth-order valence-electron chi connectivity index (χ4n) is 4.95. The monoisotopic (exact) mass is 471 g/mol. The summed E-state index contributed by atoms with van der Waals surface area (Å²) in [5, 5.41) is 17.3. The maximum atomic E-state index is 12.0. The Morgan fingerprint density at radius 2 is 1.97 bits per heavy atom. The summed E-state index contributed by atoms with van der Waals surface area (Å²) in [7, 11) is 2.11. The van der Waals surface area contributed by atoms with Crippen LogP contribution in [0, 0.1) is 17.2 Å². The second-order valence-electron chi connectivity index (χ2n) is 9.95. The molecule has 0 spiro atoms. The standard InChI is InChI=1S/C27H33N7O/c1-33-16-11-27(19-28,12-17-33)22-6-8-23(9-7-22)31-26-30-18-21-10-15-34(24(21)32-26)14-3-13-29-25(35)20-4-2-5-20/h6-10,15,18,20H,2-5,11-14,16-17H2,1H3,(H,29,35)(H,30,31,32). The van der Waals surface area contributed by atoms with Gasteiger partial charge in [-0.05, 0) is 76.0 Å². The van der Waals surface area contributed by atoms with Crippen LogP contribution in [-0.2, 0) is 16.8 Å². The Labute approximate surface area is 206 Å². The average Bonchev–Trinajstić information content (AvgIpc) is 3.24. The predicted molar refractivity (Wildman–Crippen MR) is 136 cm³/mol. The van der Waals surface area contributed by atoms with Gasteiger partial charge in [-0.25, -0.2) is 4.98 Å². The summed E-state index contributed by atoms with van der Waals surface area (Å²) in [6.45, 7) is 3.34. The topological polar surface area (TPSA) is 98.9 Å². The average molecular weight is 472 g/mol. The Morgan fingerprint density at radius 1 is 1.20 bits per heavy atom. The molecule has 1 amide bonds. The lowest BCUT2D eigenvalue weighted by atomic mass is 9.74. The lowest BCUT2D eigenvalue weighted by molar-refractivity contribution is -0.127. The van der Waals surface area contributed by atoms with E-state index in [1.54, 1.807) is 0 Å². The molecule has 1 aromatic carbocycles. The van der Waals surface area contributed by atoms with Crippen molar-refractivity contribution in [3.63, 3.8) is 0 Å². The number of nitrogens with zero attached hydrogens (tertiary/aromatic N) is 5. The fourth-order valence-corrected chi connectivity index (χ4v) is 4.95. The lowest BCUT2D eigenvalue weighted by Crippen LogP contribution is -2.39. The van der Waals surface area contributed by atoms with Gasteiger partial charge in [0.05, 0.1) is 11.5 Å². The van der Waals surface area contributed by atoms with E-state index in [0.29, 0.717) is 12.5 Å². The molecule has 0 atom stereocenters. The van der Waals surface area contributed by atoms with Gasteiger partial charge >= 0.3 is 0 Å². The van der Waals surface area contributed by atoms with Crippen LogP contribution in [0.1, 0.15) is 44.1 Å². The summed E-state index contributed by atoms with van der Waals surface area (Å²) < 4.78 is 2.11. The van der Waals surface area contributed by atoms with Gasteiger partial charge in [0.1, 0.15) is 5.65 Å². The van der Waals surface area contributed by atoms with E-state index in [1.165, 1.54) is 6.42 Å². The van der Waals surface area contributed by atoms with E-state index < -0.39 is 5.41 Å². The second-order valence-corrected chi connectivity index (χ2v) is 9.95. The summed E-state index contributed by atoms with van der Waals surface area (Å²) in [4.78, 5) is 23.5. The van der Waals surface area contributed by atoms with Gasteiger partial charge in [0, 0.05) is 42.5 Å². The number of carbonyl (C=O) groups excluding carboxylic acids is 1. The third kappa shape index (κ3) is 5.01. The largest absolute Gasteiger partial charge is 0.356 e. The van der Waals surface area contributed by atoms with Crippen LogP contribution in [0.15, 0.2) is 42.7 Å². The number of hydrogen-bond donors (Lipinski definition) is 2. The minimum Gasteiger partial charge on any atom is -0.356 e. The highest BCUT2D eigenvalue weighted by Gasteiger charge is 2.35. The van der Waals surface area contributed by atoms with Crippen LogP contribution in [0.3, 0.4) is 0 Å². The van der Waals surface area contributed by atoms with Gasteiger partial charge in [0.25, 0.3) is 0 Å². The van der Waals surface area contributed by atoms with Crippen molar-refractivity contribution >= 4 is 28.6 Å². The molecule has 2 N–H and O–H groups in total. The quantitative estimate of drug-likeness (QED) is 0.483. The maximum Gasteiger partial charge on any atom is 0.229 e. The van der Waals surface area contributed by atoms with E-state index in [4.69, 9.17) is 4.98 Å². The SMILES string of the molecule is CN1CCC(C#N)(c2ccc(Nc3ncc4ccn(CCCNC(=O)C5CCC5)c4n3)cc2)CC1. The van der Waals surface area contributed by atoms with Crippen molar-refractivity contribution in [3.8, 4) is 6.07 Å². The van der Waals surface area contributed by atoms with Crippen molar-refractivity contribution in [1.29, 1.82) is 5.26 Å². The predicted octanol–water partition coefficient (Wildman–Crippen LogP) is 3.97. The molecule has 5 rings (SSSR count). The van der Waals surface area contributed by atoms with Crippen molar-refractivity contribution in [2.45, 2.75) is 50.5 Å². The van der Waals surface area contributed by atoms with Gasteiger partial charge in [-0.2, -0.15) is 10.2 Å². The Hall–Kier alpha value is -3.44. The zero-order chi connectivity index (χ0) is 24.3. The summed E-state index contributed by atoms with van der Waals surface area (Å²) in [5.41, 5.74) is 2.44. The molecule has 182 valence electrons. The number of benzene rings is 1. The van der Waals surface area contributed by atoms with Crippen molar-refractivity contribution < 1.29 is 4.79 Å². The minimum atomic E-state index is -0.404. The number of nitriles is 1. The zero-order valence-electron chi connectivity index (χ0n) is 20.3. The van der Waals surface area contributed by atoms with Gasteiger partial charge in [-0.15, -0.1) is 0 Å². The number of aryl methyl sites for hydroxylation is 1. The molecular formula is C27H33N7O. The van der Waals surface area contributed by atoms with E-state index in [1.807, 2.05) is 30.6 Å². The van der Waals surface area contributed by atoms with Crippen LogP contribution in [0.4, 0.5) is 11.6 Å². The number of amides is 1. The number of hydrogen-bond acceptors (Lipinski definition) is 6. The molecule has 8 heteroatoms. The number of rotatable bonds is 8. The van der Waals surface area contributed by atoms with Gasteiger partial charge < -0.3 is 20.1 Å². The molecule has 2 fully saturated rings. The molecule has 2 aromatic heterocycles. The molecule has 1 saturated heterocycles. The first-order valence-corrected chi connectivity index (χ1v) is 12.6. The molecule has 3 aromatic rings. The molecule has 1 aliphatic heterocycles. The fraction of sp³-hybridized carbons (Fsp3) is 0.481. The van der Waals surface area contributed by atoms with Crippen LogP contribution in [0.25, 0.3) is 11.0 Å². The Bertz CT molecular complexity index is 1210. The summed E-state index contributed by atoms with van der Waals surface area (Å²) >= 11 is 0. The summed E-state index contributed by atoms with van der Waals surface area (Å²) in [6.07, 6.45) is 9.65. The smallest absolute Gasteiger partial charge is 0.229 e. The van der Waals surface area contributed by atoms with Crippen LogP contribution in [0.2, 0.25) is 0 Å². The Balaban J connectivity index is 1.21. The van der Waals surface area contributed by atoms with Crippen LogP contribution >= 0.6 is 0 Å². The Kier molecular flexibility index (Phi) is 6.69. The van der Waals surface area contributed by atoms with Gasteiger partial charge in [-0.3, -0.25) is 4.79 Å². The maximum absolute atomic E-state index is 12.0. The summed E-state index contributed by atoms with van der Waals surface area (Å²) in [5.74, 6) is 0.968. The van der Waals surface area contributed by atoms with Gasteiger partial charge in [-0.1, -0.05) is 18.6 Å². The zero-order valence-corrected chi connectivity index (χ0v) is 20.3. The first-order valence-electron chi connectivity index (χ1n) is 12.6. The Morgan fingerprint density at radius 3 is 2.66 bits per heavy atom. The number of carbonyl (C=O) groups is 1. The van der Waals surface area contributed by atoms with E-state index in [0.717, 1.165) is 74.0 Å². The molecular weight excluding hydrogens is 438 g/mol. The number of aromatic nitrogens is 3. The molecule has 1 aliphatic carbocycles. The van der Waals surface area contributed by atoms with Crippen molar-refractivity contribution in [2.75, 3.05) is 32.0 Å². The second kappa shape index (κ2) is 10.0. The third-order valence-corrected chi connectivity index (χ3v) is 7.60. The van der Waals surface area contributed by atoms with E-state index in [2.05, 4.69) is 50.3 Å². The van der Waals surface area contributed by atoms with Crippen LogP contribution in [0.5, 0.6) is 0 Å². The van der Waals surface area contributed by atoms with E-state index in [9.17, 15) is 10.1 Å². The normalized spacial score (nSPS) is 18.1. The van der Waals surface area contributed by atoms with E-state index >= 15 is 0 Å². The molecule has 2 aliphatic rings. The van der Waals surface area contributed by atoms with Gasteiger partial charge in [0.15, 0.2) is 0 Å². The summed E-state index contributed by atoms with van der Waals surface area (Å²) in [6, 6.07) is 12.7. The highest BCUT2D eigenvalue weighted by molar-refractivity contribution is 5.79. The minimum absolute atomic E-state index is 0.199. The third-order valence-electron chi connectivity index (χ3n) is 7.60. The van der Waals surface area contributed by atoms with Crippen molar-refractivity contribution in [1.82, 2.24) is 24.8 Å². The van der Waals surface area contributed by atoms with Crippen LogP contribution in [-0.4, -0.2) is 52.0 Å². The first-order chi connectivity index (χ1) is 17.1. The molecule has 0 bridgehead atoms. The lowest BCUT2D eigenvalue weighted by Gasteiger charge is -2.35. The van der Waals surface area contributed by atoms with Crippen molar-refractivity contribution in [2.24, 2.45) is 5.92 Å². The molecule has 35 heavy (non-hydrogen) atoms. The molecule has 0 radical (unpaired) electrons. The van der Waals surface area contributed by atoms with E-state index in [-0.39, 0.29) is 11.8 Å². The number of fused-ring (bicyclic) bond motifs is 1.